The lowest BCUT2D eigenvalue weighted by Crippen LogP contribution is -2.43. The van der Waals surface area contributed by atoms with Gasteiger partial charge in [0.05, 0.1) is 5.56 Å². The van der Waals surface area contributed by atoms with Gasteiger partial charge >= 0.3 is 5.97 Å². The summed E-state index contributed by atoms with van der Waals surface area (Å²) in [6.45, 7) is 9.26. The average molecular weight is 293 g/mol. The van der Waals surface area contributed by atoms with Crippen molar-refractivity contribution in [3.63, 3.8) is 0 Å². The van der Waals surface area contributed by atoms with Crippen LogP contribution in [-0.2, 0) is 6.54 Å². The molecule has 21 heavy (non-hydrogen) atoms. The Morgan fingerprint density at radius 3 is 2.33 bits per heavy atom. The van der Waals surface area contributed by atoms with E-state index in [0.717, 1.165) is 5.56 Å². The molecule has 0 heterocycles. The molecule has 0 saturated carbocycles. The van der Waals surface area contributed by atoms with E-state index < -0.39 is 5.97 Å². The molecule has 2 atom stereocenters. The Kier molecular flexibility index (Phi) is 6.85. The molecule has 1 aromatic carbocycles. The summed E-state index contributed by atoms with van der Waals surface area (Å²) in [4.78, 5) is 11.0. The van der Waals surface area contributed by atoms with Crippen LogP contribution in [0.1, 0.15) is 43.6 Å². The summed E-state index contributed by atoms with van der Waals surface area (Å²) in [7, 11) is 0. The molecule has 4 heteroatoms. The second-order valence-electron chi connectivity index (χ2n) is 6.25. The summed E-state index contributed by atoms with van der Waals surface area (Å²) in [6, 6.07) is 7.16. The molecule has 0 aliphatic carbocycles. The quantitative estimate of drug-likeness (QED) is 0.689. The number of aliphatic hydroxyl groups is 1. The molecule has 0 fully saturated rings. The van der Waals surface area contributed by atoms with E-state index in [9.17, 15) is 9.90 Å². The SMILES string of the molecule is CC(C)C(CO)C(NCc1cccc(C(=O)O)c1)C(C)C. The predicted molar refractivity (Wildman–Crippen MR) is 84.3 cm³/mol. The number of nitrogens with one attached hydrogen (secondary N) is 1. The number of benzene rings is 1. The first kappa shape index (κ1) is 17.7. The summed E-state index contributed by atoms with van der Waals surface area (Å²) >= 11 is 0. The number of hydrogen-bond donors (Lipinski definition) is 3. The third-order valence-electron chi connectivity index (χ3n) is 3.96. The van der Waals surface area contributed by atoms with Gasteiger partial charge in [-0.05, 0) is 35.4 Å². The maximum atomic E-state index is 11.0. The van der Waals surface area contributed by atoms with E-state index in [0.29, 0.717) is 23.9 Å². The van der Waals surface area contributed by atoms with Gasteiger partial charge in [-0.15, -0.1) is 0 Å². The lowest BCUT2D eigenvalue weighted by Gasteiger charge is -2.32. The minimum absolute atomic E-state index is 0.155. The molecule has 0 aromatic heterocycles. The number of rotatable bonds is 8. The third kappa shape index (κ3) is 5.14. The van der Waals surface area contributed by atoms with Crippen LogP contribution in [0.2, 0.25) is 0 Å². The highest BCUT2D eigenvalue weighted by molar-refractivity contribution is 5.87. The molecule has 0 aliphatic heterocycles. The van der Waals surface area contributed by atoms with Gasteiger partial charge in [0, 0.05) is 19.2 Å². The first-order valence-corrected chi connectivity index (χ1v) is 7.53. The fourth-order valence-electron chi connectivity index (χ4n) is 2.67. The van der Waals surface area contributed by atoms with Crippen molar-refractivity contribution < 1.29 is 15.0 Å². The minimum atomic E-state index is -0.910. The smallest absolute Gasteiger partial charge is 0.335 e. The van der Waals surface area contributed by atoms with Crippen LogP contribution in [0.3, 0.4) is 0 Å². The number of carboxylic acid groups (broad SMARTS) is 1. The van der Waals surface area contributed by atoms with Gasteiger partial charge in [0.2, 0.25) is 0 Å². The van der Waals surface area contributed by atoms with Crippen LogP contribution in [-0.4, -0.2) is 28.8 Å². The largest absolute Gasteiger partial charge is 0.478 e. The van der Waals surface area contributed by atoms with Crippen molar-refractivity contribution in [2.24, 2.45) is 17.8 Å². The highest BCUT2D eigenvalue weighted by Crippen LogP contribution is 2.21. The molecule has 0 spiro atoms. The standard InChI is InChI=1S/C17H27NO3/c1-11(2)15(10-19)16(12(3)4)18-9-13-6-5-7-14(8-13)17(20)21/h5-8,11-12,15-16,18-19H,9-10H2,1-4H3,(H,20,21). The Hall–Kier alpha value is -1.39. The van der Waals surface area contributed by atoms with Crippen molar-refractivity contribution in [2.45, 2.75) is 40.3 Å². The van der Waals surface area contributed by atoms with E-state index >= 15 is 0 Å². The third-order valence-corrected chi connectivity index (χ3v) is 3.96. The minimum Gasteiger partial charge on any atom is -0.478 e. The molecule has 1 rings (SSSR count). The molecule has 4 nitrogen and oxygen atoms in total. The molecular weight excluding hydrogens is 266 g/mol. The maximum absolute atomic E-state index is 11.0. The van der Waals surface area contributed by atoms with Gasteiger partial charge in [-0.25, -0.2) is 4.79 Å². The highest BCUT2D eigenvalue weighted by atomic mass is 16.4. The number of aliphatic hydroxyl groups excluding tert-OH is 1. The van der Waals surface area contributed by atoms with Crippen LogP contribution in [0.4, 0.5) is 0 Å². The molecule has 2 unspecified atom stereocenters. The molecule has 1 aromatic rings. The summed E-state index contributed by atoms with van der Waals surface area (Å²) in [5.74, 6) is 0.0628. The van der Waals surface area contributed by atoms with Crippen LogP contribution < -0.4 is 5.32 Å². The van der Waals surface area contributed by atoms with Crippen molar-refractivity contribution in [1.29, 1.82) is 0 Å². The molecule has 0 saturated heterocycles. The number of carboxylic acids is 1. The van der Waals surface area contributed by atoms with Crippen LogP contribution in [0.15, 0.2) is 24.3 Å². The topological polar surface area (TPSA) is 69.6 Å². The van der Waals surface area contributed by atoms with E-state index in [1.54, 1.807) is 18.2 Å². The molecule has 0 bridgehead atoms. The molecular formula is C17H27NO3. The van der Waals surface area contributed by atoms with Gasteiger partial charge < -0.3 is 15.5 Å². The highest BCUT2D eigenvalue weighted by Gasteiger charge is 2.26. The molecule has 0 amide bonds. The monoisotopic (exact) mass is 293 g/mol. The Labute approximate surface area is 127 Å². The Bertz CT molecular complexity index is 457. The van der Waals surface area contributed by atoms with Gasteiger partial charge in [0.25, 0.3) is 0 Å². The normalized spacial score (nSPS) is 14.4. The van der Waals surface area contributed by atoms with Crippen LogP contribution >= 0.6 is 0 Å². The predicted octanol–water partition coefficient (Wildman–Crippen LogP) is 2.76. The Morgan fingerprint density at radius 1 is 1.19 bits per heavy atom. The van der Waals surface area contributed by atoms with E-state index in [1.165, 1.54) is 0 Å². The molecule has 118 valence electrons. The average Bonchev–Trinajstić information content (AvgIpc) is 2.42. The van der Waals surface area contributed by atoms with E-state index in [1.807, 2.05) is 6.07 Å². The zero-order chi connectivity index (χ0) is 16.0. The first-order valence-electron chi connectivity index (χ1n) is 7.53. The maximum Gasteiger partial charge on any atom is 0.335 e. The van der Waals surface area contributed by atoms with E-state index in [2.05, 4.69) is 33.0 Å². The van der Waals surface area contributed by atoms with Crippen LogP contribution in [0, 0.1) is 17.8 Å². The van der Waals surface area contributed by atoms with E-state index in [-0.39, 0.29) is 18.6 Å². The fourth-order valence-corrected chi connectivity index (χ4v) is 2.67. The van der Waals surface area contributed by atoms with E-state index in [4.69, 9.17) is 5.11 Å². The summed E-state index contributed by atoms with van der Waals surface area (Å²) in [6.07, 6.45) is 0. The van der Waals surface area contributed by atoms with Crippen molar-refractivity contribution >= 4 is 5.97 Å². The van der Waals surface area contributed by atoms with Crippen molar-refractivity contribution in [3.05, 3.63) is 35.4 Å². The second kappa shape index (κ2) is 8.15. The molecule has 0 radical (unpaired) electrons. The Balaban J connectivity index is 2.78. The van der Waals surface area contributed by atoms with Crippen molar-refractivity contribution in [3.8, 4) is 0 Å². The number of carbonyl (C=O) groups is 1. The Morgan fingerprint density at radius 2 is 1.86 bits per heavy atom. The fraction of sp³-hybridized carbons (Fsp3) is 0.588. The van der Waals surface area contributed by atoms with Crippen molar-refractivity contribution in [1.82, 2.24) is 5.32 Å². The molecule has 3 N–H and O–H groups in total. The molecule has 0 aliphatic rings. The van der Waals surface area contributed by atoms with Crippen LogP contribution in [0.5, 0.6) is 0 Å². The van der Waals surface area contributed by atoms with Gasteiger partial charge in [-0.3, -0.25) is 0 Å². The zero-order valence-electron chi connectivity index (χ0n) is 13.3. The van der Waals surface area contributed by atoms with Gasteiger partial charge in [0.1, 0.15) is 0 Å². The van der Waals surface area contributed by atoms with Gasteiger partial charge in [0.15, 0.2) is 0 Å². The lowest BCUT2D eigenvalue weighted by atomic mass is 9.83. The zero-order valence-corrected chi connectivity index (χ0v) is 13.3. The lowest BCUT2D eigenvalue weighted by molar-refractivity contribution is 0.0696. The van der Waals surface area contributed by atoms with Gasteiger partial charge in [-0.2, -0.15) is 0 Å². The summed E-state index contributed by atoms with van der Waals surface area (Å²) in [5.41, 5.74) is 1.25. The summed E-state index contributed by atoms with van der Waals surface area (Å²) in [5, 5.41) is 22.1. The second-order valence-corrected chi connectivity index (χ2v) is 6.25. The number of hydrogen-bond acceptors (Lipinski definition) is 3. The first-order chi connectivity index (χ1) is 9.86. The summed E-state index contributed by atoms with van der Waals surface area (Å²) < 4.78 is 0. The van der Waals surface area contributed by atoms with Gasteiger partial charge in [-0.1, -0.05) is 39.8 Å². The number of aromatic carboxylic acids is 1. The van der Waals surface area contributed by atoms with Crippen molar-refractivity contribution in [2.75, 3.05) is 6.61 Å². The van der Waals surface area contributed by atoms with Crippen LogP contribution in [0.25, 0.3) is 0 Å².